The second-order valence-electron chi connectivity index (χ2n) is 4.70. The molecule has 1 saturated heterocycles. The Labute approximate surface area is 108 Å². The summed E-state index contributed by atoms with van der Waals surface area (Å²) in [7, 11) is 0. The number of hydrogen-bond donors (Lipinski definition) is 1. The maximum Gasteiger partial charge on any atom is 0.253 e. The Hall–Kier alpha value is -1.39. The minimum atomic E-state index is 0.0304. The first-order valence-electron chi connectivity index (χ1n) is 6.39. The molecule has 1 aliphatic rings. The van der Waals surface area contributed by atoms with E-state index in [-0.39, 0.29) is 18.6 Å². The first-order valence-corrected chi connectivity index (χ1v) is 6.39. The molecule has 1 amide bonds. The molecule has 2 rings (SSSR count). The van der Waals surface area contributed by atoms with Crippen molar-refractivity contribution in [2.24, 2.45) is 5.73 Å². The number of nitrogens with two attached hydrogens (primary N) is 1. The van der Waals surface area contributed by atoms with Crippen molar-refractivity contribution in [3.05, 3.63) is 29.8 Å². The Morgan fingerprint density at radius 2 is 2.11 bits per heavy atom. The first-order chi connectivity index (χ1) is 8.70. The second kappa shape index (κ2) is 5.98. The lowest BCUT2D eigenvalue weighted by atomic mass is 10.1. The number of nitrogens with zero attached hydrogens (tertiary/aromatic N) is 1. The lowest BCUT2D eigenvalue weighted by Crippen LogP contribution is -2.46. The zero-order valence-electron chi connectivity index (χ0n) is 10.8. The van der Waals surface area contributed by atoms with Gasteiger partial charge in [0, 0.05) is 5.69 Å². The Kier molecular flexibility index (Phi) is 4.33. The van der Waals surface area contributed by atoms with Crippen LogP contribution in [0.4, 0.5) is 5.69 Å². The SMILES string of the molecule is Cc1ccc(N2CC(CCCN)OCC2=O)cc1. The summed E-state index contributed by atoms with van der Waals surface area (Å²) in [5.74, 6) is 0.0304. The van der Waals surface area contributed by atoms with Crippen LogP contribution in [0.2, 0.25) is 0 Å². The number of ether oxygens (including phenoxy) is 1. The molecule has 1 fully saturated rings. The van der Waals surface area contributed by atoms with Crippen LogP contribution in [0.25, 0.3) is 0 Å². The molecule has 1 unspecified atom stereocenters. The molecule has 0 spiro atoms. The van der Waals surface area contributed by atoms with Crippen LogP contribution < -0.4 is 10.6 Å². The van der Waals surface area contributed by atoms with Gasteiger partial charge in [-0.1, -0.05) is 17.7 Å². The van der Waals surface area contributed by atoms with Crippen LogP contribution in [0.1, 0.15) is 18.4 Å². The van der Waals surface area contributed by atoms with Crippen LogP contribution in [0.3, 0.4) is 0 Å². The molecule has 0 radical (unpaired) electrons. The van der Waals surface area contributed by atoms with Gasteiger partial charge in [-0.2, -0.15) is 0 Å². The summed E-state index contributed by atoms with van der Waals surface area (Å²) in [6, 6.07) is 8.01. The maximum absolute atomic E-state index is 11.9. The van der Waals surface area contributed by atoms with E-state index in [0.717, 1.165) is 18.5 Å². The van der Waals surface area contributed by atoms with Crippen LogP contribution in [0.15, 0.2) is 24.3 Å². The van der Waals surface area contributed by atoms with Gasteiger partial charge in [0.1, 0.15) is 6.61 Å². The highest BCUT2D eigenvalue weighted by Gasteiger charge is 2.26. The normalized spacial score (nSPS) is 20.2. The Morgan fingerprint density at radius 1 is 1.39 bits per heavy atom. The molecule has 18 heavy (non-hydrogen) atoms. The average Bonchev–Trinajstić information content (AvgIpc) is 2.39. The number of morpholine rings is 1. The highest BCUT2D eigenvalue weighted by molar-refractivity contribution is 5.94. The second-order valence-corrected chi connectivity index (χ2v) is 4.70. The number of anilines is 1. The molecule has 1 aromatic rings. The fraction of sp³-hybridized carbons (Fsp3) is 0.500. The fourth-order valence-corrected chi connectivity index (χ4v) is 2.12. The lowest BCUT2D eigenvalue weighted by Gasteiger charge is -2.32. The van der Waals surface area contributed by atoms with Gasteiger partial charge in [-0.15, -0.1) is 0 Å². The smallest absolute Gasteiger partial charge is 0.253 e. The third-order valence-corrected chi connectivity index (χ3v) is 3.21. The zero-order chi connectivity index (χ0) is 13.0. The molecule has 1 aliphatic heterocycles. The summed E-state index contributed by atoms with van der Waals surface area (Å²) in [4.78, 5) is 13.7. The molecule has 0 aromatic heterocycles. The van der Waals surface area contributed by atoms with Gasteiger partial charge in [-0.3, -0.25) is 4.79 Å². The lowest BCUT2D eigenvalue weighted by molar-refractivity contribution is -0.129. The molecule has 4 heteroatoms. The topological polar surface area (TPSA) is 55.6 Å². The van der Waals surface area contributed by atoms with Crippen molar-refractivity contribution in [2.45, 2.75) is 25.9 Å². The molecular weight excluding hydrogens is 228 g/mol. The maximum atomic E-state index is 11.9. The predicted molar refractivity (Wildman–Crippen MR) is 71.6 cm³/mol. The molecular formula is C14H20N2O2. The molecule has 1 aromatic carbocycles. The predicted octanol–water partition coefficient (Wildman–Crippen LogP) is 1.47. The number of rotatable bonds is 4. The van der Waals surface area contributed by atoms with Crippen LogP contribution in [0.5, 0.6) is 0 Å². The van der Waals surface area contributed by atoms with E-state index in [1.807, 2.05) is 36.1 Å². The van der Waals surface area contributed by atoms with E-state index in [0.29, 0.717) is 13.1 Å². The van der Waals surface area contributed by atoms with Gasteiger partial charge < -0.3 is 15.4 Å². The van der Waals surface area contributed by atoms with Crippen molar-refractivity contribution in [1.82, 2.24) is 0 Å². The standard InChI is InChI=1S/C14H20N2O2/c1-11-4-6-12(7-5-11)16-9-13(3-2-8-15)18-10-14(16)17/h4-7,13H,2-3,8-10,15H2,1H3. The van der Waals surface area contributed by atoms with E-state index in [4.69, 9.17) is 10.5 Å². The van der Waals surface area contributed by atoms with E-state index in [9.17, 15) is 4.79 Å². The minimum absolute atomic E-state index is 0.0304. The van der Waals surface area contributed by atoms with Gasteiger partial charge >= 0.3 is 0 Å². The third-order valence-electron chi connectivity index (χ3n) is 3.21. The van der Waals surface area contributed by atoms with Gasteiger partial charge in [-0.05, 0) is 38.4 Å². The highest BCUT2D eigenvalue weighted by atomic mass is 16.5. The molecule has 1 heterocycles. The monoisotopic (exact) mass is 248 g/mol. The third kappa shape index (κ3) is 3.09. The summed E-state index contributed by atoms with van der Waals surface area (Å²) >= 11 is 0. The van der Waals surface area contributed by atoms with E-state index >= 15 is 0 Å². The van der Waals surface area contributed by atoms with Gasteiger partial charge in [0.05, 0.1) is 12.6 Å². The van der Waals surface area contributed by atoms with Crippen LogP contribution in [0, 0.1) is 6.92 Å². The Balaban J connectivity index is 2.05. The number of carbonyl (C=O) groups is 1. The van der Waals surface area contributed by atoms with Crippen LogP contribution in [-0.4, -0.2) is 31.7 Å². The summed E-state index contributed by atoms with van der Waals surface area (Å²) in [6.45, 7) is 3.50. The summed E-state index contributed by atoms with van der Waals surface area (Å²) in [5, 5.41) is 0. The van der Waals surface area contributed by atoms with Crippen molar-refractivity contribution < 1.29 is 9.53 Å². The van der Waals surface area contributed by atoms with Gasteiger partial charge in [0.15, 0.2) is 0 Å². The quantitative estimate of drug-likeness (QED) is 0.877. The number of benzene rings is 1. The van der Waals surface area contributed by atoms with Crippen LogP contribution >= 0.6 is 0 Å². The molecule has 0 bridgehead atoms. The van der Waals surface area contributed by atoms with E-state index in [1.54, 1.807) is 0 Å². The number of hydrogen-bond acceptors (Lipinski definition) is 3. The van der Waals surface area contributed by atoms with Crippen molar-refractivity contribution in [3.8, 4) is 0 Å². The summed E-state index contributed by atoms with van der Waals surface area (Å²) in [6.07, 6.45) is 1.94. The van der Waals surface area contributed by atoms with Crippen molar-refractivity contribution >= 4 is 11.6 Å². The highest BCUT2D eigenvalue weighted by Crippen LogP contribution is 2.20. The molecule has 0 saturated carbocycles. The first kappa shape index (κ1) is 13.1. The summed E-state index contributed by atoms with van der Waals surface area (Å²) < 4.78 is 5.52. The average molecular weight is 248 g/mol. The Morgan fingerprint density at radius 3 is 2.78 bits per heavy atom. The van der Waals surface area contributed by atoms with Crippen molar-refractivity contribution in [2.75, 3.05) is 24.6 Å². The number of aryl methyl sites for hydroxylation is 1. The molecule has 1 atom stereocenters. The number of carbonyl (C=O) groups excluding carboxylic acids is 1. The number of amides is 1. The van der Waals surface area contributed by atoms with E-state index in [2.05, 4.69) is 0 Å². The molecule has 2 N–H and O–H groups in total. The molecule has 4 nitrogen and oxygen atoms in total. The summed E-state index contributed by atoms with van der Waals surface area (Å²) in [5.41, 5.74) is 7.64. The van der Waals surface area contributed by atoms with E-state index in [1.165, 1.54) is 5.56 Å². The molecule has 0 aliphatic carbocycles. The molecule has 98 valence electrons. The van der Waals surface area contributed by atoms with Gasteiger partial charge in [-0.25, -0.2) is 0 Å². The fourth-order valence-electron chi connectivity index (χ4n) is 2.12. The van der Waals surface area contributed by atoms with Crippen molar-refractivity contribution in [3.63, 3.8) is 0 Å². The minimum Gasteiger partial charge on any atom is -0.367 e. The van der Waals surface area contributed by atoms with Gasteiger partial charge in [0.25, 0.3) is 5.91 Å². The van der Waals surface area contributed by atoms with Crippen molar-refractivity contribution in [1.29, 1.82) is 0 Å². The van der Waals surface area contributed by atoms with Crippen LogP contribution in [-0.2, 0) is 9.53 Å². The van der Waals surface area contributed by atoms with E-state index < -0.39 is 0 Å². The van der Waals surface area contributed by atoms with Gasteiger partial charge in [0.2, 0.25) is 0 Å². The Bertz CT molecular complexity index is 403. The zero-order valence-corrected chi connectivity index (χ0v) is 10.8. The largest absolute Gasteiger partial charge is 0.367 e.